The minimum atomic E-state index is -1.32. The molecule has 0 saturated heterocycles. The van der Waals surface area contributed by atoms with E-state index in [-0.39, 0.29) is 0 Å². The molecule has 0 radical (unpaired) electrons. The van der Waals surface area contributed by atoms with Gasteiger partial charge in [0.1, 0.15) is 0 Å². The molecule has 2 atom stereocenters. The number of hydrogen-bond donors (Lipinski definition) is 4. The largest absolute Gasteiger partial charge is 0.480 e. The first-order valence-corrected chi connectivity index (χ1v) is 3.88. The minimum Gasteiger partial charge on any atom is -0.480 e. The highest BCUT2D eigenvalue weighted by molar-refractivity contribution is 5.82. The summed E-state index contributed by atoms with van der Waals surface area (Å²) < 4.78 is 0. The van der Waals surface area contributed by atoms with Crippen LogP contribution in [-0.4, -0.2) is 40.9 Å². The zero-order chi connectivity index (χ0) is 11.1. The molecule has 2 amide bonds. The topological polar surface area (TPSA) is 98.7 Å². The van der Waals surface area contributed by atoms with Gasteiger partial charge in [-0.05, 0) is 6.92 Å². The summed E-state index contributed by atoms with van der Waals surface area (Å²) in [6, 6.07) is -2.54. The number of terminal acetylenes is 1. The van der Waals surface area contributed by atoms with Crippen LogP contribution in [0.5, 0.6) is 0 Å². The monoisotopic (exact) mass is 200 g/mol. The maximum atomic E-state index is 11.0. The van der Waals surface area contributed by atoms with Gasteiger partial charge in [0.2, 0.25) is 0 Å². The molecule has 0 aromatic rings. The van der Waals surface area contributed by atoms with Crippen molar-refractivity contribution < 1.29 is 19.8 Å². The summed E-state index contributed by atoms with van der Waals surface area (Å²) in [6.07, 6.45) is 4.99. The lowest BCUT2D eigenvalue weighted by Gasteiger charge is -2.13. The standard InChI is InChI=1S/C8H12N2O4/c1-3-5(2)9-8(14)10-6(4-11)7(12)13/h1,5-6,11H,4H2,2H3,(H,12,13)(H2,9,10,14)/t5?,6-/m0/s1. The van der Waals surface area contributed by atoms with Crippen LogP contribution in [0.2, 0.25) is 0 Å². The Morgan fingerprint density at radius 1 is 1.50 bits per heavy atom. The summed E-state index contributed by atoms with van der Waals surface area (Å²) in [5.41, 5.74) is 0. The van der Waals surface area contributed by atoms with Crippen molar-refractivity contribution in [2.24, 2.45) is 0 Å². The lowest BCUT2D eigenvalue weighted by atomic mass is 10.3. The number of urea groups is 1. The Hall–Kier alpha value is -1.74. The van der Waals surface area contributed by atoms with E-state index in [9.17, 15) is 9.59 Å². The number of amides is 2. The van der Waals surface area contributed by atoms with E-state index in [0.29, 0.717) is 0 Å². The number of aliphatic hydroxyl groups is 1. The van der Waals surface area contributed by atoms with Crippen molar-refractivity contribution >= 4 is 12.0 Å². The average Bonchev–Trinajstić information content (AvgIpc) is 2.13. The highest BCUT2D eigenvalue weighted by Gasteiger charge is 2.18. The fourth-order valence-electron chi connectivity index (χ4n) is 0.624. The second-order valence-corrected chi connectivity index (χ2v) is 2.58. The molecule has 6 nitrogen and oxygen atoms in total. The number of rotatable bonds is 4. The lowest BCUT2D eigenvalue weighted by molar-refractivity contribution is -0.140. The Morgan fingerprint density at radius 3 is 2.43 bits per heavy atom. The van der Waals surface area contributed by atoms with E-state index >= 15 is 0 Å². The van der Waals surface area contributed by atoms with E-state index in [1.54, 1.807) is 6.92 Å². The zero-order valence-electron chi connectivity index (χ0n) is 7.65. The quantitative estimate of drug-likeness (QED) is 0.426. The molecule has 0 aliphatic rings. The van der Waals surface area contributed by atoms with E-state index in [2.05, 4.69) is 11.2 Å². The first kappa shape index (κ1) is 12.3. The summed E-state index contributed by atoms with van der Waals surface area (Å²) in [7, 11) is 0. The fourth-order valence-corrected chi connectivity index (χ4v) is 0.624. The van der Waals surface area contributed by atoms with Crippen molar-refractivity contribution in [3.05, 3.63) is 0 Å². The van der Waals surface area contributed by atoms with Crippen molar-refractivity contribution in [1.82, 2.24) is 10.6 Å². The van der Waals surface area contributed by atoms with Crippen LogP contribution in [0.25, 0.3) is 0 Å². The highest BCUT2D eigenvalue weighted by atomic mass is 16.4. The molecule has 0 heterocycles. The summed E-state index contributed by atoms with van der Waals surface area (Å²) in [4.78, 5) is 21.4. The van der Waals surface area contributed by atoms with Crippen molar-refractivity contribution in [1.29, 1.82) is 0 Å². The van der Waals surface area contributed by atoms with Crippen LogP contribution in [0.3, 0.4) is 0 Å². The maximum absolute atomic E-state index is 11.0. The van der Waals surface area contributed by atoms with E-state index < -0.39 is 30.7 Å². The first-order valence-electron chi connectivity index (χ1n) is 3.88. The second-order valence-electron chi connectivity index (χ2n) is 2.58. The molecule has 0 saturated carbocycles. The van der Waals surface area contributed by atoms with Crippen molar-refractivity contribution in [3.8, 4) is 12.3 Å². The predicted molar refractivity (Wildman–Crippen MR) is 48.5 cm³/mol. The van der Waals surface area contributed by atoms with E-state index in [4.69, 9.17) is 16.6 Å². The smallest absolute Gasteiger partial charge is 0.328 e. The molecule has 0 aromatic heterocycles. The van der Waals surface area contributed by atoms with E-state index in [0.717, 1.165) is 0 Å². The molecule has 0 aromatic carbocycles. The Morgan fingerprint density at radius 2 is 2.07 bits per heavy atom. The summed E-state index contributed by atoms with van der Waals surface area (Å²) in [6.45, 7) is 0.890. The molecule has 6 heteroatoms. The van der Waals surface area contributed by atoms with E-state index in [1.165, 1.54) is 0 Å². The average molecular weight is 200 g/mol. The van der Waals surface area contributed by atoms with Gasteiger partial charge in [-0.15, -0.1) is 6.42 Å². The number of carboxylic acid groups (broad SMARTS) is 1. The molecule has 0 fully saturated rings. The number of aliphatic carboxylic acids is 1. The molecule has 0 bridgehead atoms. The lowest BCUT2D eigenvalue weighted by Crippen LogP contribution is -2.49. The normalized spacial score (nSPS) is 13.5. The van der Waals surface area contributed by atoms with E-state index in [1.807, 2.05) is 5.32 Å². The van der Waals surface area contributed by atoms with Crippen LogP contribution in [0.1, 0.15) is 6.92 Å². The highest BCUT2D eigenvalue weighted by Crippen LogP contribution is 1.83. The van der Waals surface area contributed by atoms with Crippen LogP contribution in [-0.2, 0) is 4.79 Å². The van der Waals surface area contributed by atoms with Gasteiger partial charge in [-0.2, -0.15) is 0 Å². The Kier molecular flexibility index (Phi) is 5.10. The van der Waals surface area contributed by atoms with Gasteiger partial charge in [0.15, 0.2) is 6.04 Å². The van der Waals surface area contributed by atoms with Crippen LogP contribution in [0, 0.1) is 12.3 Å². The SMILES string of the molecule is C#CC(C)NC(=O)N[C@@H](CO)C(=O)O. The Bertz CT molecular complexity index is 259. The molecular weight excluding hydrogens is 188 g/mol. The number of carboxylic acids is 1. The molecule has 14 heavy (non-hydrogen) atoms. The van der Waals surface area contributed by atoms with Gasteiger partial charge in [0, 0.05) is 0 Å². The molecule has 0 aliphatic carbocycles. The summed E-state index contributed by atoms with van der Waals surface area (Å²) in [5.74, 6) is 0.925. The second kappa shape index (κ2) is 5.83. The number of hydrogen-bond acceptors (Lipinski definition) is 3. The minimum absolute atomic E-state index is 0.497. The zero-order valence-corrected chi connectivity index (χ0v) is 7.65. The van der Waals surface area contributed by atoms with Gasteiger partial charge in [-0.1, -0.05) is 5.92 Å². The van der Waals surface area contributed by atoms with Crippen molar-refractivity contribution in [2.45, 2.75) is 19.0 Å². The third-order valence-electron chi connectivity index (χ3n) is 1.38. The number of nitrogens with one attached hydrogen (secondary N) is 2. The van der Waals surface area contributed by atoms with Gasteiger partial charge >= 0.3 is 12.0 Å². The van der Waals surface area contributed by atoms with Crippen LogP contribution >= 0.6 is 0 Å². The van der Waals surface area contributed by atoms with Crippen molar-refractivity contribution in [3.63, 3.8) is 0 Å². The molecular formula is C8H12N2O4. The Balaban J connectivity index is 4.05. The third-order valence-corrected chi connectivity index (χ3v) is 1.38. The van der Waals surface area contributed by atoms with Crippen molar-refractivity contribution in [2.75, 3.05) is 6.61 Å². The predicted octanol–water partition coefficient (Wildman–Crippen LogP) is -1.25. The number of aliphatic hydroxyl groups excluding tert-OH is 1. The summed E-state index contributed by atoms with van der Waals surface area (Å²) >= 11 is 0. The molecule has 0 rings (SSSR count). The first-order chi connectivity index (χ1) is 6.51. The van der Waals surface area contributed by atoms with Gasteiger partial charge < -0.3 is 20.8 Å². The molecule has 4 N–H and O–H groups in total. The molecule has 1 unspecified atom stereocenters. The van der Waals surface area contributed by atoms with Gasteiger partial charge in [-0.3, -0.25) is 0 Å². The van der Waals surface area contributed by atoms with Crippen LogP contribution in [0.4, 0.5) is 4.79 Å². The maximum Gasteiger partial charge on any atom is 0.328 e. The Labute approximate surface area is 81.3 Å². The molecule has 0 aliphatic heterocycles. The third kappa shape index (κ3) is 4.33. The molecule has 0 spiro atoms. The van der Waals surface area contributed by atoms with Gasteiger partial charge in [0.25, 0.3) is 0 Å². The number of carbonyl (C=O) groups excluding carboxylic acids is 1. The van der Waals surface area contributed by atoms with Gasteiger partial charge in [0.05, 0.1) is 12.6 Å². The van der Waals surface area contributed by atoms with Gasteiger partial charge in [-0.25, -0.2) is 9.59 Å². The van der Waals surface area contributed by atoms with Crippen LogP contribution in [0.15, 0.2) is 0 Å². The number of carbonyl (C=O) groups is 2. The van der Waals surface area contributed by atoms with Crippen LogP contribution < -0.4 is 10.6 Å². The molecule has 78 valence electrons. The fraction of sp³-hybridized carbons (Fsp3) is 0.500. The summed E-state index contributed by atoms with van der Waals surface area (Å²) in [5, 5.41) is 21.4.